The molecule has 0 aliphatic rings. The Morgan fingerprint density at radius 1 is 0.667 bits per heavy atom. The van der Waals surface area contributed by atoms with Gasteiger partial charge in [-0.15, -0.1) is 0 Å². The summed E-state index contributed by atoms with van der Waals surface area (Å²) in [7, 11) is 0. The van der Waals surface area contributed by atoms with Crippen molar-refractivity contribution in [2.75, 3.05) is 10.4 Å². The Labute approximate surface area is 141 Å². The molecule has 0 radical (unpaired) electrons. The third kappa shape index (κ3) is 2.79. The standard InChI is InChI=1S/C21H17N3/c1-2-11-18(12-3-1)24(23-21-15-6-7-16-22-21)20-14-8-10-17-9-4-5-13-19(17)20/h1-16H,(H,22,23). The van der Waals surface area contributed by atoms with Crippen LogP contribution in [0.3, 0.4) is 0 Å². The van der Waals surface area contributed by atoms with Crippen molar-refractivity contribution >= 4 is 28.0 Å². The van der Waals surface area contributed by atoms with Gasteiger partial charge in [0.25, 0.3) is 0 Å². The van der Waals surface area contributed by atoms with Crippen LogP contribution in [0.25, 0.3) is 10.8 Å². The Bertz CT molecular complexity index is 931. The highest BCUT2D eigenvalue weighted by Crippen LogP contribution is 2.32. The smallest absolute Gasteiger partial charge is 0.144 e. The van der Waals surface area contributed by atoms with Gasteiger partial charge in [-0.2, -0.15) is 0 Å². The van der Waals surface area contributed by atoms with E-state index in [4.69, 9.17) is 0 Å². The average molecular weight is 311 g/mol. The number of fused-ring (bicyclic) bond motifs is 1. The Morgan fingerprint density at radius 2 is 1.42 bits per heavy atom. The van der Waals surface area contributed by atoms with Crippen LogP contribution in [-0.2, 0) is 0 Å². The topological polar surface area (TPSA) is 28.2 Å². The van der Waals surface area contributed by atoms with E-state index in [0.717, 1.165) is 17.2 Å². The Morgan fingerprint density at radius 3 is 2.25 bits per heavy atom. The van der Waals surface area contributed by atoms with E-state index in [1.54, 1.807) is 6.20 Å². The minimum atomic E-state index is 0.800. The van der Waals surface area contributed by atoms with Gasteiger partial charge >= 0.3 is 0 Å². The number of rotatable bonds is 4. The molecule has 0 unspecified atom stereocenters. The van der Waals surface area contributed by atoms with E-state index in [2.05, 4.69) is 70.0 Å². The lowest BCUT2D eigenvalue weighted by Crippen LogP contribution is -2.25. The zero-order chi connectivity index (χ0) is 16.2. The third-order valence-corrected chi connectivity index (χ3v) is 3.91. The van der Waals surface area contributed by atoms with Gasteiger partial charge in [-0.3, -0.25) is 10.4 Å². The average Bonchev–Trinajstić information content (AvgIpc) is 2.67. The van der Waals surface area contributed by atoms with Gasteiger partial charge < -0.3 is 0 Å². The van der Waals surface area contributed by atoms with Crippen LogP contribution in [-0.4, -0.2) is 4.98 Å². The first-order chi connectivity index (χ1) is 11.9. The maximum atomic E-state index is 4.40. The third-order valence-electron chi connectivity index (χ3n) is 3.91. The minimum absolute atomic E-state index is 0.800. The van der Waals surface area contributed by atoms with Gasteiger partial charge in [0.05, 0.1) is 11.4 Å². The number of anilines is 3. The number of hydrazine groups is 1. The first-order valence-corrected chi connectivity index (χ1v) is 7.92. The summed E-state index contributed by atoms with van der Waals surface area (Å²) in [6.07, 6.45) is 1.79. The monoisotopic (exact) mass is 311 g/mol. The fourth-order valence-electron chi connectivity index (χ4n) is 2.79. The van der Waals surface area contributed by atoms with Crippen LogP contribution < -0.4 is 10.4 Å². The first-order valence-electron chi connectivity index (χ1n) is 7.92. The molecule has 0 atom stereocenters. The van der Waals surface area contributed by atoms with Gasteiger partial charge in [-0.1, -0.05) is 60.7 Å². The number of hydrogen-bond donors (Lipinski definition) is 1. The highest BCUT2D eigenvalue weighted by atomic mass is 15.5. The fourth-order valence-corrected chi connectivity index (χ4v) is 2.79. The first kappa shape index (κ1) is 14.3. The molecule has 116 valence electrons. The van der Waals surface area contributed by atoms with Crippen LogP contribution in [0.15, 0.2) is 97.2 Å². The molecule has 4 rings (SSSR count). The second kappa shape index (κ2) is 6.42. The predicted molar refractivity (Wildman–Crippen MR) is 100 cm³/mol. The van der Waals surface area contributed by atoms with Gasteiger partial charge in [0.15, 0.2) is 0 Å². The molecule has 24 heavy (non-hydrogen) atoms. The maximum Gasteiger partial charge on any atom is 0.144 e. The SMILES string of the molecule is c1ccc(N(Nc2ccccn2)c2cccc3ccccc23)cc1. The molecular weight excluding hydrogens is 294 g/mol. The Balaban J connectivity index is 1.86. The van der Waals surface area contributed by atoms with Gasteiger partial charge in [0.1, 0.15) is 5.82 Å². The Kier molecular flexibility index (Phi) is 3.82. The normalized spacial score (nSPS) is 10.5. The van der Waals surface area contributed by atoms with E-state index >= 15 is 0 Å². The second-order valence-electron chi connectivity index (χ2n) is 5.50. The number of nitrogens with zero attached hydrogens (tertiary/aromatic N) is 2. The van der Waals surface area contributed by atoms with Crippen LogP contribution in [0.4, 0.5) is 17.2 Å². The van der Waals surface area contributed by atoms with Gasteiger partial charge in [0.2, 0.25) is 0 Å². The number of aromatic nitrogens is 1. The zero-order valence-corrected chi connectivity index (χ0v) is 13.1. The quantitative estimate of drug-likeness (QED) is 0.511. The summed E-state index contributed by atoms with van der Waals surface area (Å²) in [4.78, 5) is 4.40. The van der Waals surface area contributed by atoms with Crippen LogP contribution >= 0.6 is 0 Å². The van der Waals surface area contributed by atoms with Crippen molar-refractivity contribution in [3.05, 3.63) is 97.2 Å². The molecule has 3 nitrogen and oxygen atoms in total. The van der Waals surface area contributed by atoms with Crippen molar-refractivity contribution in [2.24, 2.45) is 0 Å². The number of para-hydroxylation sites is 1. The molecule has 3 aromatic carbocycles. The minimum Gasteiger partial charge on any atom is -0.277 e. The Hall–Kier alpha value is -3.33. The van der Waals surface area contributed by atoms with Crippen LogP contribution in [0.2, 0.25) is 0 Å². The van der Waals surface area contributed by atoms with E-state index < -0.39 is 0 Å². The molecule has 0 saturated heterocycles. The molecule has 0 bridgehead atoms. The molecule has 3 heteroatoms. The molecule has 0 amide bonds. The number of nitrogens with one attached hydrogen (secondary N) is 1. The lowest BCUT2D eigenvalue weighted by atomic mass is 10.1. The van der Waals surface area contributed by atoms with Crippen molar-refractivity contribution in [3.63, 3.8) is 0 Å². The van der Waals surface area contributed by atoms with E-state index in [0.29, 0.717) is 0 Å². The highest BCUT2D eigenvalue weighted by Gasteiger charge is 2.12. The molecule has 1 heterocycles. The van der Waals surface area contributed by atoms with Crippen molar-refractivity contribution in [1.82, 2.24) is 4.98 Å². The summed E-state index contributed by atoms with van der Waals surface area (Å²) in [5, 5.41) is 4.47. The summed E-state index contributed by atoms with van der Waals surface area (Å²) in [6, 6.07) is 30.8. The maximum absolute atomic E-state index is 4.40. The molecule has 0 aliphatic heterocycles. The zero-order valence-electron chi connectivity index (χ0n) is 13.1. The number of hydrogen-bond acceptors (Lipinski definition) is 3. The molecule has 0 aliphatic carbocycles. The molecule has 0 saturated carbocycles. The van der Waals surface area contributed by atoms with Crippen LogP contribution in [0, 0.1) is 0 Å². The predicted octanol–water partition coefficient (Wildman–Crippen LogP) is 5.40. The summed E-state index contributed by atoms with van der Waals surface area (Å²) in [6.45, 7) is 0. The number of benzene rings is 3. The van der Waals surface area contributed by atoms with Crippen molar-refractivity contribution < 1.29 is 0 Å². The molecule has 1 aromatic heterocycles. The molecule has 4 aromatic rings. The van der Waals surface area contributed by atoms with Crippen molar-refractivity contribution in [2.45, 2.75) is 0 Å². The van der Waals surface area contributed by atoms with Gasteiger partial charge in [-0.05, 0) is 35.7 Å². The number of pyridine rings is 1. The van der Waals surface area contributed by atoms with E-state index in [9.17, 15) is 0 Å². The summed E-state index contributed by atoms with van der Waals surface area (Å²) in [5.74, 6) is 0.800. The molecule has 0 fully saturated rings. The molecular formula is C21H17N3. The van der Waals surface area contributed by atoms with Gasteiger partial charge in [0, 0.05) is 11.6 Å². The highest BCUT2D eigenvalue weighted by molar-refractivity contribution is 5.96. The van der Waals surface area contributed by atoms with Crippen molar-refractivity contribution in [3.8, 4) is 0 Å². The largest absolute Gasteiger partial charge is 0.277 e. The van der Waals surface area contributed by atoms with Crippen LogP contribution in [0.1, 0.15) is 0 Å². The molecule has 0 spiro atoms. The van der Waals surface area contributed by atoms with Crippen LogP contribution in [0.5, 0.6) is 0 Å². The summed E-state index contributed by atoms with van der Waals surface area (Å²) in [5.41, 5.74) is 5.57. The summed E-state index contributed by atoms with van der Waals surface area (Å²) < 4.78 is 0. The van der Waals surface area contributed by atoms with Gasteiger partial charge in [-0.25, -0.2) is 4.98 Å². The van der Waals surface area contributed by atoms with Crippen molar-refractivity contribution in [1.29, 1.82) is 0 Å². The summed E-state index contributed by atoms with van der Waals surface area (Å²) >= 11 is 0. The van der Waals surface area contributed by atoms with E-state index in [1.165, 1.54) is 10.8 Å². The van der Waals surface area contributed by atoms with E-state index in [-0.39, 0.29) is 0 Å². The lowest BCUT2D eigenvalue weighted by molar-refractivity contribution is 1.13. The fraction of sp³-hybridized carbons (Fsp3) is 0. The lowest BCUT2D eigenvalue weighted by Gasteiger charge is -2.27. The second-order valence-corrected chi connectivity index (χ2v) is 5.50. The molecule has 1 N–H and O–H groups in total. The van der Waals surface area contributed by atoms with E-state index in [1.807, 2.05) is 36.4 Å².